The van der Waals surface area contributed by atoms with E-state index in [4.69, 9.17) is 0 Å². The summed E-state index contributed by atoms with van der Waals surface area (Å²) in [6.45, 7) is 4.78. The van der Waals surface area contributed by atoms with E-state index in [1.54, 1.807) is 11.8 Å². The van der Waals surface area contributed by atoms with Crippen LogP contribution in [0, 0.1) is 12.8 Å². The first kappa shape index (κ1) is 15.4. The third-order valence-corrected chi connectivity index (χ3v) is 5.17. The zero-order valence-corrected chi connectivity index (χ0v) is 13.0. The van der Waals surface area contributed by atoms with E-state index < -0.39 is 11.5 Å². The van der Waals surface area contributed by atoms with Gasteiger partial charge in [-0.05, 0) is 43.4 Å². The van der Waals surface area contributed by atoms with Crippen LogP contribution in [-0.2, 0) is 10.5 Å². The van der Waals surface area contributed by atoms with E-state index in [1.807, 2.05) is 19.1 Å². The van der Waals surface area contributed by atoms with Crippen molar-refractivity contribution in [2.75, 3.05) is 12.3 Å². The largest absolute Gasteiger partial charge is 0.480 e. The Kier molecular flexibility index (Phi) is 5.11. The number of benzene rings is 1. The number of carbonyl (C=O) groups is 1. The fourth-order valence-corrected chi connectivity index (χ4v) is 4.04. The Bertz CT molecular complexity index is 473. The van der Waals surface area contributed by atoms with Crippen LogP contribution in [0.2, 0.25) is 0 Å². The maximum absolute atomic E-state index is 11.7. The third-order valence-electron chi connectivity index (χ3n) is 4.00. The monoisotopic (exact) mass is 293 g/mol. The molecular weight excluding hydrogens is 270 g/mol. The quantitative estimate of drug-likeness (QED) is 0.773. The Morgan fingerprint density at radius 1 is 1.45 bits per heavy atom. The Hall–Kier alpha value is -1.00. The van der Waals surface area contributed by atoms with Gasteiger partial charge in [-0.1, -0.05) is 31.2 Å². The predicted molar refractivity (Wildman–Crippen MR) is 84.1 cm³/mol. The molecule has 0 heterocycles. The molecule has 1 atom stereocenters. The summed E-state index contributed by atoms with van der Waals surface area (Å²) in [6.07, 6.45) is 2.06. The van der Waals surface area contributed by atoms with Crippen LogP contribution in [0.15, 0.2) is 24.3 Å². The van der Waals surface area contributed by atoms with Gasteiger partial charge in [-0.15, -0.1) is 0 Å². The molecule has 0 aliphatic heterocycles. The molecule has 0 bridgehead atoms. The minimum Gasteiger partial charge on any atom is -0.480 e. The lowest BCUT2D eigenvalue weighted by molar-refractivity contribution is -0.144. The predicted octanol–water partition coefficient (Wildman–Crippen LogP) is 3.07. The number of carboxylic acid groups (broad SMARTS) is 1. The molecule has 3 nitrogen and oxygen atoms in total. The summed E-state index contributed by atoms with van der Waals surface area (Å²) in [5.41, 5.74) is 1.84. The molecule has 0 amide bonds. The first-order valence-corrected chi connectivity index (χ1v) is 8.36. The summed E-state index contributed by atoms with van der Waals surface area (Å²) < 4.78 is 0. The van der Waals surface area contributed by atoms with E-state index in [0.29, 0.717) is 18.2 Å². The maximum Gasteiger partial charge on any atom is 0.325 e. The summed E-state index contributed by atoms with van der Waals surface area (Å²) in [5, 5.41) is 12.9. The maximum atomic E-state index is 11.7. The zero-order valence-electron chi connectivity index (χ0n) is 12.2. The molecule has 2 rings (SSSR count). The number of hydrogen-bond acceptors (Lipinski definition) is 3. The SMILES string of the molecule is CCNC(CSCc1ccccc1C)(C(=O)O)C1CC1. The van der Waals surface area contributed by atoms with Crippen LogP contribution in [0.4, 0.5) is 0 Å². The summed E-state index contributed by atoms with van der Waals surface area (Å²) in [5.74, 6) is 1.11. The number of aliphatic carboxylic acids is 1. The molecule has 1 saturated carbocycles. The van der Waals surface area contributed by atoms with Gasteiger partial charge in [0.05, 0.1) is 0 Å². The zero-order chi connectivity index (χ0) is 14.6. The summed E-state index contributed by atoms with van der Waals surface area (Å²) in [7, 11) is 0. The lowest BCUT2D eigenvalue weighted by Crippen LogP contribution is -2.56. The third kappa shape index (κ3) is 3.36. The van der Waals surface area contributed by atoms with Crippen LogP contribution in [0.5, 0.6) is 0 Å². The van der Waals surface area contributed by atoms with E-state index in [1.165, 1.54) is 11.1 Å². The van der Waals surface area contributed by atoms with Gasteiger partial charge in [0.2, 0.25) is 0 Å². The number of nitrogens with one attached hydrogen (secondary N) is 1. The van der Waals surface area contributed by atoms with E-state index >= 15 is 0 Å². The number of aryl methyl sites for hydroxylation is 1. The van der Waals surface area contributed by atoms with Gasteiger partial charge in [-0.25, -0.2) is 0 Å². The lowest BCUT2D eigenvalue weighted by Gasteiger charge is -2.30. The van der Waals surface area contributed by atoms with Crippen molar-refractivity contribution in [1.29, 1.82) is 0 Å². The minimum atomic E-state index is -0.734. The number of carboxylic acids is 1. The van der Waals surface area contributed by atoms with Gasteiger partial charge in [0.25, 0.3) is 0 Å². The van der Waals surface area contributed by atoms with Gasteiger partial charge < -0.3 is 10.4 Å². The smallest absolute Gasteiger partial charge is 0.325 e. The molecule has 0 saturated heterocycles. The van der Waals surface area contributed by atoms with Gasteiger partial charge in [0.1, 0.15) is 5.54 Å². The normalized spacial score (nSPS) is 17.7. The summed E-state index contributed by atoms with van der Waals surface area (Å²) in [4.78, 5) is 11.7. The molecule has 0 radical (unpaired) electrons. The van der Waals surface area contributed by atoms with Gasteiger partial charge in [-0.2, -0.15) is 11.8 Å². The highest BCUT2D eigenvalue weighted by atomic mass is 32.2. The highest BCUT2D eigenvalue weighted by Gasteiger charge is 2.50. The van der Waals surface area contributed by atoms with Crippen molar-refractivity contribution in [2.24, 2.45) is 5.92 Å². The van der Waals surface area contributed by atoms with Crippen LogP contribution in [0.1, 0.15) is 30.9 Å². The Morgan fingerprint density at radius 2 is 2.15 bits per heavy atom. The van der Waals surface area contributed by atoms with Crippen molar-refractivity contribution in [3.05, 3.63) is 35.4 Å². The molecule has 1 aliphatic rings. The topological polar surface area (TPSA) is 49.3 Å². The van der Waals surface area contributed by atoms with Crippen molar-refractivity contribution in [3.8, 4) is 0 Å². The van der Waals surface area contributed by atoms with E-state index in [0.717, 1.165) is 18.6 Å². The highest BCUT2D eigenvalue weighted by molar-refractivity contribution is 7.98. The minimum absolute atomic E-state index is 0.296. The Labute approximate surface area is 125 Å². The summed E-state index contributed by atoms with van der Waals surface area (Å²) >= 11 is 1.72. The molecule has 20 heavy (non-hydrogen) atoms. The molecule has 1 fully saturated rings. The van der Waals surface area contributed by atoms with Gasteiger partial charge in [0, 0.05) is 11.5 Å². The molecule has 2 N–H and O–H groups in total. The van der Waals surface area contributed by atoms with Crippen LogP contribution < -0.4 is 5.32 Å². The molecule has 0 spiro atoms. The standard InChI is InChI=1S/C16H23NO2S/c1-3-17-16(15(18)19,14-8-9-14)11-20-10-13-7-5-4-6-12(13)2/h4-7,14,17H,3,8-11H2,1-2H3,(H,18,19). The second kappa shape index (κ2) is 6.64. The molecule has 1 aromatic rings. The average Bonchev–Trinajstić information content (AvgIpc) is 3.24. The second-order valence-electron chi connectivity index (χ2n) is 5.50. The first-order valence-electron chi connectivity index (χ1n) is 7.21. The van der Waals surface area contributed by atoms with Gasteiger partial charge in [-0.3, -0.25) is 4.79 Å². The van der Waals surface area contributed by atoms with Crippen LogP contribution in [0.25, 0.3) is 0 Å². The average molecular weight is 293 g/mol. The van der Waals surface area contributed by atoms with Crippen LogP contribution >= 0.6 is 11.8 Å². The van der Waals surface area contributed by atoms with E-state index in [-0.39, 0.29) is 0 Å². The van der Waals surface area contributed by atoms with Gasteiger partial charge >= 0.3 is 5.97 Å². The molecular formula is C16H23NO2S. The molecule has 4 heteroatoms. The van der Waals surface area contributed by atoms with Crippen LogP contribution in [0.3, 0.4) is 0 Å². The first-order chi connectivity index (χ1) is 9.60. The molecule has 1 unspecified atom stereocenters. The fourth-order valence-electron chi connectivity index (χ4n) is 2.61. The number of thioether (sulfide) groups is 1. The van der Waals surface area contributed by atoms with Crippen molar-refractivity contribution >= 4 is 17.7 Å². The lowest BCUT2D eigenvalue weighted by atomic mass is 9.96. The Morgan fingerprint density at radius 3 is 2.70 bits per heavy atom. The van der Waals surface area contributed by atoms with Gasteiger partial charge in [0.15, 0.2) is 0 Å². The highest BCUT2D eigenvalue weighted by Crippen LogP contribution is 2.42. The number of likely N-dealkylation sites (N-methyl/N-ethyl adjacent to an activating group) is 1. The Balaban J connectivity index is 1.99. The molecule has 110 valence electrons. The van der Waals surface area contributed by atoms with Crippen molar-refractivity contribution < 1.29 is 9.90 Å². The van der Waals surface area contributed by atoms with E-state index in [9.17, 15) is 9.90 Å². The number of rotatable bonds is 8. The van der Waals surface area contributed by atoms with Crippen molar-refractivity contribution in [3.63, 3.8) is 0 Å². The number of hydrogen-bond donors (Lipinski definition) is 2. The van der Waals surface area contributed by atoms with Crippen molar-refractivity contribution in [1.82, 2.24) is 5.32 Å². The molecule has 1 aliphatic carbocycles. The summed E-state index contributed by atoms with van der Waals surface area (Å²) in [6, 6.07) is 8.30. The van der Waals surface area contributed by atoms with Crippen LogP contribution in [-0.4, -0.2) is 28.9 Å². The van der Waals surface area contributed by atoms with Crippen molar-refractivity contribution in [2.45, 2.75) is 38.0 Å². The molecule has 1 aromatic carbocycles. The second-order valence-corrected chi connectivity index (χ2v) is 6.49. The fraction of sp³-hybridized carbons (Fsp3) is 0.562. The van der Waals surface area contributed by atoms with E-state index in [2.05, 4.69) is 24.4 Å². The molecule has 0 aromatic heterocycles.